The Hall–Kier alpha value is -1.50. The molecule has 1 unspecified atom stereocenters. The predicted octanol–water partition coefficient (Wildman–Crippen LogP) is 4.75. The highest BCUT2D eigenvalue weighted by molar-refractivity contribution is 5.88. The molecule has 2 aromatic rings. The maximum atomic E-state index is 5.32. The summed E-state index contributed by atoms with van der Waals surface area (Å²) in [6.45, 7) is 2.29. The second kappa shape index (κ2) is 5.24. The van der Waals surface area contributed by atoms with E-state index in [0.29, 0.717) is 0 Å². The third-order valence-electron chi connectivity index (χ3n) is 4.44. The first kappa shape index (κ1) is 12.5. The third kappa shape index (κ3) is 2.34. The minimum absolute atomic E-state index is 0.896. The average molecular weight is 254 g/mol. The van der Waals surface area contributed by atoms with Crippen molar-refractivity contribution in [2.75, 3.05) is 7.11 Å². The van der Waals surface area contributed by atoms with Crippen molar-refractivity contribution in [3.63, 3.8) is 0 Å². The molecule has 1 aliphatic carbocycles. The Balaban J connectivity index is 2.01. The first-order valence-electron chi connectivity index (χ1n) is 7.40. The van der Waals surface area contributed by atoms with Crippen molar-refractivity contribution in [1.29, 1.82) is 0 Å². The lowest BCUT2D eigenvalue weighted by molar-refractivity contribution is 0.415. The van der Waals surface area contributed by atoms with Crippen LogP contribution in [0.5, 0.6) is 5.75 Å². The van der Waals surface area contributed by atoms with Crippen LogP contribution in [0.1, 0.15) is 37.3 Å². The molecule has 19 heavy (non-hydrogen) atoms. The summed E-state index contributed by atoms with van der Waals surface area (Å²) >= 11 is 0. The standard InChI is InChI=1S/C18H22O/c1-3-4-13-5-9-17-14(11-13)6-7-15-12-16(19-2)8-10-18(15)17/h6-8,10,12-13H,3-5,9,11H2,1-2H3. The maximum Gasteiger partial charge on any atom is 0.119 e. The molecule has 0 amide bonds. The fourth-order valence-corrected chi connectivity index (χ4v) is 3.45. The van der Waals surface area contributed by atoms with Crippen LogP contribution < -0.4 is 4.74 Å². The number of methoxy groups -OCH3 is 1. The molecule has 3 rings (SSSR count). The van der Waals surface area contributed by atoms with E-state index in [1.54, 1.807) is 18.2 Å². The molecule has 0 aromatic heterocycles. The summed E-state index contributed by atoms with van der Waals surface area (Å²) < 4.78 is 5.32. The summed E-state index contributed by atoms with van der Waals surface area (Å²) in [6.07, 6.45) is 6.55. The van der Waals surface area contributed by atoms with Gasteiger partial charge in [0.15, 0.2) is 0 Å². The van der Waals surface area contributed by atoms with Gasteiger partial charge < -0.3 is 4.74 Å². The van der Waals surface area contributed by atoms with Crippen molar-refractivity contribution >= 4 is 10.8 Å². The second-order valence-corrected chi connectivity index (χ2v) is 5.69. The van der Waals surface area contributed by atoms with Gasteiger partial charge in [0.1, 0.15) is 5.75 Å². The smallest absolute Gasteiger partial charge is 0.119 e. The van der Waals surface area contributed by atoms with Gasteiger partial charge in [0.2, 0.25) is 0 Å². The number of hydrogen-bond donors (Lipinski definition) is 0. The first-order valence-corrected chi connectivity index (χ1v) is 7.40. The number of aryl methyl sites for hydroxylation is 1. The van der Waals surface area contributed by atoms with E-state index in [2.05, 4.69) is 37.3 Å². The Morgan fingerprint density at radius 3 is 2.89 bits per heavy atom. The van der Waals surface area contributed by atoms with Gasteiger partial charge in [-0.15, -0.1) is 0 Å². The summed E-state index contributed by atoms with van der Waals surface area (Å²) in [4.78, 5) is 0. The van der Waals surface area contributed by atoms with Crippen LogP contribution in [-0.4, -0.2) is 7.11 Å². The molecular weight excluding hydrogens is 232 g/mol. The van der Waals surface area contributed by atoms with Crippen molar-refractivity contribution in [3.8, 4) is 5.75 Å². The molecule has 2 aromatic carbocycles. The lowest BCUT2D eigenvalue weighted by Crippen LogP contribution is -2.14. The largest absolute Gasteiger partial charge is 0.497 e. The second-order valence-electron chi connectivity index (χ2n) is 5.69. The van der Waals surface area contributed by atoms with Crippen LogP contribution in [0.25, 0.3) is 10.8 Å². The normalized spacial score (nSPS) is 18.3. The molecule has 100 valence electrons. The minimum atomic E-state index is 0.896. The van der Waals surface area contributed by atoms with Gasteiger partial charge in [-0.05, 0) is 59.2 Å². The van der Waals surface area contributed by atoms with Gasteiger partial charge in [-0.2, -0.15) is 0 Å². The third-order valence-corrected chi connectivity index (χ3v) is 4.44. The van der Waals surface area contributed by atoms with Crippen LogP contribution in [0, 0.1) is 5.92 Å². The van der Waals surface area contributed by atoms with Crippen LogP contribution >= 0.6 is 0 Å². The van der Waals surface area contributed by atoms with Crippen LogP contribution in [0.2, 0.25) is 0 Å². The fourth-order valence-electron chi connectivity index (χ4n) is 3.45. The lowest BCUT2D eigenvalue weighted by atomic mass is 9.80. The SMILES string of the molecule is CCCC1CCc2c(ccc3cc(OC)ccc23)C1. The van der Waals surface area contributed by atoms with Gasteiger partial charge in [0.05, 0.1) is 7.11 Å². The van der Waals surface area contributed by atoms with Crippen LogP contribution in [-0.2, 0) is 12.8 Å². The number of hydrogen-bond acceptors (Lipinski definition) is 1. The van der Waals surface area contributed by atoms with Crippen molar-refractivity contribution in [2.24, 2.45) is 5.92 Å². The monoisotopic (exact) mass is 254 g/mol. The summed E-state index contributed by atoms with van der Waals surface area (Å²) in [5.41, 5.74) is 3.15. The Labute approximate surface area is 115 Å². The molecule has 1 nitrogen and oxygen atoms in total. The summed E-state index contributed by atoms with van der Waals surface area (Å²) in [7, 11) is 1.73. The predicted molar refractivity (Wildman–Crippen MR) is 80.9 cm³/mol. The molecule has 0 aliphatic heterocycles. The summed E-state index contributed by atoms with van der Waals surface area (Å²) in [5.74, 6) is 1.85. The highest BCUT2D eigenvalue weighted by Crippen LogP contribution is 2.34. The Morgan fingerprint density at radius 2 is 2.11 bits per heavy atom. The molecule has 0 saturated heterocycles. The molecule has 0 heterocycles. The molecule has 1 atom stereocenters. The number of fused-ring (bicyclic) bond motifs is 3. The van der Waals surface area contributed by atoms with E-state index in [4.69, 9.17) is 4.74 Å². The van der Waals surface area contributed by atoms with E-state index >= 15 is 0 Å². The van der Waals surface area contributed by atoms with Gasteiger partial charge in [0.25, 0.3) is 0 Å². The summed E-state index contributed by atoms with van der Waals surface area (Å²) in [5, 5.41) is 2.74. The number of benzene rings is 2. The van der Waals surface area contributed by atoms with Gasteiger partial charge in [-0.1, -0.05) is 38.0 Å². The van der Waals surface area contributed by atoms with E-state index in [0.717, 1.165) is 11.7 Å². The average Bonchev–Trinajstić information content (AvgIpc) is 2.46. The quantitative estimate of drug-likeness (QED) is 0.767. The van der Waals surface area contributed by atoms with E-state index in [1.807, 2.05) is 0 Å². The molecular formula is C18H22O. The Bertz CT molecular complexity index is 586. The first-order chi connectivity index (χ1) is 9.31. The van der Waals surface area contributed by atoms with Crippen LogP contribution in [0.4, 0.5) is 0 Å². The van der Waals surface area contributed by atoms with Gasteiger partial charge in [-0.25, -0.2) is 0 Å². The van der Waals surface area contributed by atoms with Crippen LogP contribution in [0.3, 0.4) is 0 Å². The topological polar surface area (TPSA) is 9.23 Å². The van der Waals surface area contributed by atoms with E-state index < -0.39 is 0 Å². The van der Waals surface area contributed by atoms with Crippen LogP contribution in [0.15, 0.2) is 30.3 Å². The lowest BCUT2D eigenvalue weighted by Gasteiger charge is -2.25. The summed E-state index contributed by atoms with van der Waals surface area (Å²) in [6, 6.07) is 11.0. The molecule has 0 radical (unpaired) electrons. The van der Waals surface area contributed by atoms with E-state index in [-0.39, 0.29) is 0 Å². The zero-order valence-corrected chi connectivity index (χ0v) is 11.9. The van der Waals surface area contributed by atoms with Gasteiger partial charge >= 0.3 is 0 Å². The molecule has 1 aliphatic rings. The highest BCUT2D eigenvalue weighted by atomic mass is 16.5. The van der Waals surface area contributed by atoms with Gasteiger partial charge in [-0.3, -0.25) is 0 Å². The Kier molecular flexibility index (Phi) is 3.46. The van der Waals surface area contributed by atoms with Crippen molar-refractivity contribution < 1.29 is 4.74 Å². The van der Waals surface area contributed by atoms with Crippen molar-refractivity contribution in [2.45, 2.75) is 39.0 Å². The fraction of sp³-hybridized carbons (Fsp3) is 0.444. The zero-order valence-electron chi connectivity index (χ0n) is 11.9. The number of rotatable bonds is 3. The molecule has 0 fully saturated rings. The van der Waals surface area contributed by atoms with Crippen molar-refractivity contribution in [1.82, 2.24) is 0 Å². The van der Waals surface area contributed by atoms with Crippen molar-refractivity contribution in [3.05, 3.63) is 41.5 Å². The minimum Gasteiger partial charge on any atom is -0.497 e. The molecule has 0 bridgehead atoms. The number of ether oxygens (including phenoxy) is 1. The molecule has 0 N–H and O–H groups in total. The molecule has 0 spiro atoms. The van der Waals surface area contributed by atoms with Gasteiger partial charge in [0, 0.05) is 0 Å². The Morgan fingerprint density at radius 1 is 1.21 bits per heavy atom. The maximum absolute atomic E-state index is 5.32. The van der Waals surface area contributed by atoms with E-state index in [1.165, 1.54) is 42.9 Å². The van der Waals surface area contributed by atoms with E-state index in [9.17, 15) is 0 Å². The zero-order chi connectivity index (χ0) is 13.2. The highest BCUT2D eigenvalue weighted by Gasteiger charge is 2.19. The molecule has 1 heteroatoms. The molecule has 0 saturated carbocycles.